The van der Waals surface area contributed by atoms with Gasteiger partial charge in [-0.2, -0.15) is 0 Å². The summed E-state index contributed by atoms with van der Waals surface area (Å²) in [5.74, 6) is 0. The molecule has 3 N–H and O–H groups in total. The fourth-order valence-electron chi connectivity index (χ4n) is 3.73. The number of H-pyrrole nitrogens is 1. The lowest BCUT2D eigenvalue weighted by atomic mass is 9.85. The molecule has 0 aliphatic heterocycles. The van der Waals surface area contributed by atoms with Gasteiger partial charge in [-0.3, -0.25) is 0 Å². The molecule has 0 spiro atoms. The van der Waals surface area contributed by atoms with Crippen LogP contribution in [0.1, 0.15) is 11.1 Å². The van der Waals surface area contributed by atoms with Gasteiger partial charge in [-0.15, -0.1) is 0 Å². The monoisotopic (exact) mass is 464 g/mol. The van der Waals surface area contributed by atoms with Crippen LogP contribution in [0, 0.1) is 0 Å². The molecule has 0 radical (unpaired) electrons. The highest BCUT2D eigenvalue weighted by molar-refractivity contribution is 8.00. The minimum absolute atomic E-state index is 0.512. The zero-order chi connectivity index (χ0) is 23.3. The molecular weight excluding hydrogens is 444 g/mol. The summed E-state index contributed by atoms with van der Waals surface area (Å²) in [6, 6.07) is 25.8. The van der Waals surface area contributed by atoms with Crippen LogP contribution in [0.15, 0.2) is 90.1 Å². The van der Waals surface area contributed by atoms with Crippen molar-refractivity contribution in [1.82, 2.24) is 9.97 Å². The lowest BCUT2D eigenvalue weighted by Crippen LogP contribution is -2.44. The molecule has 33 heavy (non-hydrogen) atoms. The number of nitrogens with zero attached hydrogens (tertiary/aromatic N) is 1. The second-order valence-electron chi connectivity index (χ2n) is 7.08. The van der Waals surface area contributed by atoms with Gasteiger partial charge in [-0.05, 0) is 23.3 Å². The van der Waals surface area contributed by atoms with Crippen molar-refractivity contribution in [2.45, 2.75) is 16.0 Å². The highest BCUT2D eigenvalue weighted by atomic mass is 32.2. The molecule has 1 atom stereocenters. The number of hydrogen-bond donors (Lipinski definition) is 3. The third-order valence-corrected chi connectivity index (χ3v) is 6.53. The summed E-state index contributed by atoms with van der Waals surface area (Å²) in [5.41, 5.74) is 2.95. The number of ether oxygens (including phenoxy) is 2. The number of rotatable bonds is 8. The van der Waals surface area contributed by atoms with E-state index in [9.17, 15) is 14.7 Å². The number of hydrogen-bond acceptors (Lipinski definition) is 6. The summed E-state index contributed by atoms with van der Waals surface area (Å²) >= 11 is 1.24. The normalized spacial score (nSPS) is 12.2. The number of benzene rings is 3. The Bertz CT molecular complexity index is 1170. The molecule has 1 unspecified atom stereocenters. The van der Waals surface area contributed by atoms with Crippen LogP contribution >= 0.6 is 11.8 Å². The quantitative estimate of drug-likeness (QED) is 0.235. The average Bonchev–Trinajstić information content (AvgIpc) is 3.23. The minimum atomic E-state index is -1.55. The molecule has 4 rings (SSSR count). The Morgan fingerprint density at radius 2 is 1.45 bits per heavy atom. The Labute approximate surface area is 193 Å². The van der Waals surface area contributed by atoms with Crippen molar-refractivity contribution in [2.75, 3.05) is 6.61 Å². The maximum Gasteiger partial charge on any atom is 0.506 e. The predicted molar refractivity (Wildman–Crippen MR) is 122 cm³/mol. The molecule has 4 aromatic rings. The van der Waals surface area contributed by atoms with Gasteiger partial charge in [0.05, 0.1) is 11.0 Å². The Balaban J connectivity index is 1.94. The number of para-hydroxylation sites is 2. The first kappa shape index (κ1) is 22.2. The van der Waals surface area contributed by atoms with E-state index in [1.807, 2.05) is 84.9 Å². The topological polar surface area (TPSA) is 122 Å². The van der Waals surface area contributed by atoms with Crippen LogP contribution in [0.25, 0.3) is 11.0 Å². The first-order valence-corrected chi connectivity index (χ1v) is 10.8. The van der Waals surface area contributed by atoms with E-state index in [2.05, 4.69) is 9.97 Å². The molecule has 1 heterocycles. The van der Waals surface area contributed by atoms with Crippen molar-refractivity contribution in [1.29, 1.82) is 0 Å². The third kappa shape index (κ3) is 4.78. The van der Waals surface area contributed by atoms with Crippen LogP contribution < -0.4 is 0 Å². The minimum Gasteiger partial charge on any atom is -0.450 e. The molecule has 8 nitrogen and oxygen atoms in total. The number of aromatic amines is 1. The molecular formula is C24H20N2O6S. The lowest BCUT2D eigenvalue weighted by molar-refractivity contribution is -0.00634. The van der Waals surface area contributed by atoms with E-state index in [1.54, 1.807) is 0 Å². The van der Waals surface area contributed by atoms with Gasteiger partial charge in [0, 0.05) is 0 Å². The Kier molecular flexibility index (Phi) is 6.50. The molecule has 0 aliphatic carbocycles. The number of aromatic nitrogens is 2. The lowest BCUT2D eigenvalue weighted by Gasteiger charge is -2.38. The highest BCUT2D eigenvalue weighted by Gasteiger charge is 2.47. The molecule has 0 amide bonds. The third-order valence-electron chi connectivity index (χ3n) is 5.09. The smallest absolute Gasteiger partial charge is 0.450 e. The molecule has 168 valence electrons. The largest absolute Gasteiger partial charge is 0.506 e. The van der Waals surface area contributed by atoms with Crippen molar-refractivity contribution >= 4 is 35.1 Å². The predicted octanol–water partition coefficient (Wildman–Crippen LogP) is 5.36. The highest BCUT2D eigenvalue weighted by Crippen LogP contribution is 2.50. The van der Waals surface area contributed by atoms with Gasteiger partial charge in [-0.25, -0.2) is 14.6 Å². The first-order valence-electron chi connectivity index (χ1n) is 9.99. The summed E-state index contributed by atoms with van der Waals surface area (Å²) in [7, 11) is 0. The van der Waals surface area contributed by atoms with Gasteiger partial charge in [0.1, 0.15) is 11.4 Å². The molecule has 1 aromatic heterocycles. The van der Waals surface area contributed by atoms with Gasteiger partial charge >= 0.3 is 12.3 Å². The Morgan fingerprint density at radius 3 is 2.00 bits per heavy atom. The summed E-state index contributed by atoms with van der Waals surface area (Å²) in [4.78, 5) is 30.8. The fraction of sp³-hybridized carbons (Fsp3) is 0.125. The fourth-order valence-corrected chi connectivity index (χ4v) is 5.09. The number of nitrogens with one attached hydrogen (secondary N) is 1. The number of imidazole rings is 1. The van der Waals surface area contributed by atoms with Crippen molar-refractivity contribution in [3.63, 3.8) is 0 Å². The summed E-state index contributed by atoms with van der Waals surface area (Å²) in [6.07, 6.45) is -4.30. The summed E-state index contributed by atoms with van der Waals surface area (Å²) in [5, 5.41) is 19.2. The molecule has 3 aromatic carbocycles. The molecule has 0 aliphatic rings. The number of thioether (sulfide) groups is 1. The van der Waals surface area contributed by atoms with Gasteiger partial charge in [-0.1, -0.05) is 84.6 Å². The van der Waals surface area contributed by atoms with E-state index in [0.717, 1.165) is 11.0 Å². The van der Waals surface area contributed by atoms with Crippen LogP contribution in [0.3, 0.4) is 0 Å². The van der Waals surface area contributed by atoms with E-state index in [4.69, 9.17) is 14.6 Å². The molecule has 0 saturated heterocycles. The van der Waals surface area contributed by atoms with E-state index in [1.165, 1.54) is 11.8 Å². The van der Waals surface area contributed by atoms with E-state index in [0.29, 0.717) is 16.3 Å². The molecule has 0 fully saturated rings. The molecule has 0 bridgehead atoms. The first-order chi connectivity index (χ1) is 16.0. The Morgan fingerprint density at radius 1 is 0.879 bits per heavy atom. The average molecular weight is 464 g/mol. The van der Waals surface area contributed by atoms with Crippen LogP contribution in [0.2, 0.25) is 0 Å². The van der Waals surface area contributed by atoms with Crippen LogP contribution in [-0.4, -0.2) is 45.2 Å². The standard InChI is InChI=1S/C24H20N2O6S/c27-22(28)31-15-20(32-23(29)30)24(16-9-3-1-4-10-16,17-11-5-2-6-12-17)33-21-25-18-13-7-8-14-19(18)26-21/h1-14,20H,15H2,(H,25,26)(H,27,28)(H,29,30). The van der Waals surface area contributed by atoms with E-state index >= 15 is 0 Å². The van der Waals surface area contributed by atoms with Gasteiger partial charge < -0.3 is 24.7 Å². The Hall–Kier alpha value is -3.98. The second-order valence-corrected chi connectivity index (χ2v) is 8.31. The SMILES string of the molecule is O=C(O)OCC(OC(=O)O)C(Sc1nc2ccccc2[nH]1)(c1ccccc1)c1ccccc1. The second kappa shape index (κ2) is 9.66. The molecule has 9 heteroatoms. The van der Waals surface area contributed by atoms with Crippen molar-refractivity contribution in [3.8, 4) is 0 Å². The van der Waals surface area contributed by atoms with Crippen LogP contribution in [0.5, 0.6) is 0 Å². The zero-order valence-electron chi connectivity index (χ0n) is 17.3. The number of carboxylic acid groups (broad SMARTS) is 2. The van der Waals surface area contributed by atoms with E-state index < -0.39 is 29.8 Å². The van der Waals surface area contributed by atoms with Crippen LogP contribution in [-0.2, 0) is 14.2 Å². The maximum absolute atomic E-state index is 11.7. The molecule has 0 saturated carbocycles. The van der Waals surface area contributed by atoms with E-state index in [-0.39, 0.29) is 0 Å². The number of carbonyl (C=O) groups is 2. The van der Waals surface area contributed by atoms with Gasteiger partial charge in [0.25, 0.3) is 0 Å². The summed E-state index contributed by atoms with van der Waals surface area (Å²) < 4.78 is 8.90. The van der Waals surface area contributed by atoms with Gasteiger partial charge in [0.2, 0.25) is 0 Å². The maximum atomic E-state index is 11.7. The van der Waals surface area contributed by atoms with Crippen molar-refractivity contribution in [3.05, 3.63) is 96.1 Å². The van der Waals surface area contributed by atoms with Crippen molar-refractivity contribution in [2.24, 2.45) is 0 Å². The zero-order valence-corrected chi connectivity index (χ0v) is 18.1. The summed E-state index contributed by atoms with van der Waals surface area (Å²) in [6.45, 7) is -0.515. The van der Waals surface area contributed by atoms with Crippen molar-refractivity contribution < 1.29 is 29.3 Å². The van der Waals surface area contributed by atoms with Crippen LogP contribution in [0.4, 0.5) is 9.59 Å². The van der Waals surface area contributed by atoms with Gasteiger partial charge in [0.15, 0.2) is 11.3 Å². The number of fused-ring (bicyclic) bond motifs is 1.